The van der Waals surface area contributed by atoms with Crippen molar-refractivity contribution in [2.75, 3.05) is 11.9 Å². The Hall–Kier alpha value is -1.89. The highest BCUT2D eigenvalue weighted by molar-refractivity contribution is 7.10. The highest BCUT2D eigenvalue weighted by atomic mass is 32.1. The number of nitrogens with one attached hydrogen (secondary N) is 1. The SMILES string of the molecule is Cc1cc(C)n(CCCNc2snc(C)c2C(=O)O)n1. The second-order valence-corrected chi connectivity index (χ2v) is 5.48. The van der Waals surface area contributed by atoms with E-state index in [2.05, 4.69) is 14.8 Å². The zero-order chi connectivity index (χ0) is 14.7. The molecule has 0 spiro atoms. The highest BCUT2D eigenvalue weighted by Gasteiger charge is 2.16. The van der Waals surface area contributed by atoms with Crippen molar-refractivity contribution in [1.82, 2.24) is 14.2 Å². The van der Waals surface area contributed by atoms with E-state index in [0.717, 1.165) is 24.4 Å². The Bertz CT molecular complexity index is 618. The molecule has 0 bridgehead atoms. The minimum Gasteiger partial charge on any atom is -0.478 e. The van der Waals surface area contributed by atoms with Crippen LogP contribution in [0.4, 0.5) is 5.00 Å². The lowest BCUT2D eigenvalue weighted by Crippen LogP contribution is -2.10. The predicted octanol–water partition coefficient (Wildman–Crippen LogP) is 2.47. The molecule has 0 aliphatic carbocycles. The first-order valence-corrected chi connectivity index (χ1v) is 7.21. The molecular weight excluding hydrogens is 276 g/mol. The maximum atomic E-state index is 11.1. The predicted molar refractivity (Wildman–Crippen MR) is 78.6 cm³/mol. The number of carboxylic acid groups (broad SMARTS) is 1. The lowest BCUT2D eigenvalue weighted by Gasteiger charge is -2.06. The summed E-state index contributed by atoms with van der Waals surface area (Å²) in [7, 11) is 0. The Morgan fingerprint density at radius 2 is 2.20 bits per heavy atom. The summed E-state index contributed by atoms with van der Waals surface area (Å²) < 4.78 is 6.04. The summed E-state index contributed by atoms with van der Waals surface area (Å²) in [5, 5.41) is 17.3. The number of carbonyl (C=O) groups is 1. The summed E-state index contributed by atoms with van der Waals surface area (Å²) >= 11 is 1.19. The number of hydrogen-bond donors (Lipinski definition) is 2. The van der Waals surface area contributed by atoms with Gasteiger partial charge in [-0.15, -0.1) is 0 Å². The zero-order valence-electron chi connectivity index (χ0n) is 11.8. The molecule has 7 heteroatoms. The van der Waals surface area contributed by atoms with Crippen LogP contribution < -0.4 is 5.32 Å². The summed E-state index contributed by atoms with van der Waals surface area (Å²) in [6, 6.07) is 2.04. The third kappa shape index (κ3) is 3.16. The second kappa shape index (κ2) is 6.04. The van der Waals surface area contributed by atoms with Crippen LogP contribution in [0, 0.1) is 20.8 Å². The smallest absolute Gasteiger partial charge is 0.340 e. The van der Waals surface area contributed by atoms with Crippen LogP contribution in [-0.4, -0.2) is 31.8 Å². The van der Waals surface area contributed by atoms with Crippen LogP contribution in [0.5, 0.6) is 0 Å². The summed E-state index contributed by atoms with van der Waals surface area (Å²) in [6.45, 7) is 7.22. The van der Waals surface area contributed by atoms with Crippen LogP contribution in [0.3, 0.4) is 0 Å². The Morgan fingerprint density at radius 3 is 2.80 bits per heavy atom. The number of aryl methyl sites for hydroxylation is 4. The van der Waals surface area contributed by atoms with E-state index >= 15 is 0 Å². The van der Waals surface area contributed by atoms with Crippen molar-refractivity contribution in [2.24, 2.45) is 0 Å². The molecule has 0 unspecified atom stereocenters. The van der Waals surface area contributed by atoms with Gasteiger partial charge in [0.1, 0.15) is 10.6 Å². The van der Waals surface area contributed by atoms with Gasteiger partial charge in [0.05, 0.1) is 11.4 Å². The number of aromatic nitrogens is 3. The van der Waals surface area contributed by atoms with Crippen LogP contribution >= 0.6 is 11.5 Å². The first-order chi connectivity index (χ1) is 9.49. The maximum absolute atomic E-state index is 11.1. The lowest BCUT2D eigenvalue weighted by molar-refractivity contribution is 0.0697. The molecule has 0 saturated carbocycles. The maximum Gasteiger partial charge on any atom is 0.340 e. The van der Waals surface area contributed by atoms with E-state index in [4.69, 9.17) is 5.11 Å². The van der Waals surface area contributed by atoms with Gasteiger partial charge in [0.25, 0.3) is 0 Å². The van der Waals surface area contributed by atoms with E-state index in [0.29, 0.717) is 17.2 Å². The number of nitrogens with zero attached hydrogens (tertiary/aromatic N) is 3. The molecular formula is C13H18N4O2S. The van der Waals surface area contributed by atoms with Gasteiger partial charge in [0.2, 0.25) is 0 Å². The fraction of sp³-hybridized carbons (Fsp3) is 0.462. The Labute approximate surface area is 121 Å². The Balaban J connectivity index is 1.88. The minimum atomic E-state index is -0.933. The van der Waals surface area contributed by atoms with Crippen LogP contribution in [0.2, 0.25) is 0 Å². The Kier molecular flexibility index (Phi) is 4.39. The molecule has 0 radical (unpaired) electrons. The van der Waals surface area contributed by atoms with Crippen molar-refractivity contribution >= 4 is 22.5 Å². The van der Waals surface area contributed by atoms with Gasteiger partial charge >= 0.3 is 5.97 Å². The van der Waals surface area contributed by atoms with Gasteiger partial charge in [-0.3, -0.25) is 4.68 Å². The van der Waals surface area contributed by atoms with Crippen molar-refractivity contribution in [3.05, 3.63) is 28.7 Å². The highest BCUT2D eigenvalue weighted by Crippen LogP contribution is 2.24. The average Bonchev–Trinajstić information content (AvgIpc) is 2.88. The topological polar surface area (TPSA) is 80.0 Å². The van der Waals surface area contributed by atoms with E-state index in [1.807, 2.05) is 24.6 Å². The van der Waals surface area contributed by atoms with Crippen molar-refractivity contribution in [3.8, 4) is 0 Å². The van der Waals surface area contributed by atoms with Gasteiger partial charge in [-0.05, 0) is 44.8 Å². The third-order valence-corrected chi connectivity index (χ3v) is 3.91. The monoisotopic (exact) mass is 294 g/mol. The van der Waals surface area contributed by atoms with Crippen molar-refractivity contribution in [3.63, 3.8) is 0 Å². The zero-order valence-corrected chi connectivity index (χ0v) is 12.6. The first kappa shape index (κ1) is 14.5. The molecule has 0 atom stereocenters. The molecule has 0 amide bonds. The van der Waals surface area contributed by atoms with E-state index in [1.165, 1.54) is 11.5 Å². The number of anilines is 1. The lowest BCUT2D eigenvalue weighted by atomic mass is 10.2. The van der Waals surface area contributed by atoms with Gasteiger partial charge in [0, 0.05) is 18.8 Å². The van der Waals surface area contributed by atoms with Gasteiger partial charge in [-0.2, -0.15) is 9.47 Å². The van der Waals surface area contributed by atoms with Crippen molar-refractivity contribution in [1.29, 1.82) is 0 Å². The minimum absolute atomic E-state index is 0.279. The summed E-state index contributed by atoms with van der Waals surface area (Å²) in [5.74, 6) is -0.933. The molecule has 2 aromatic heterocycles. The molecule has 0 saturated heterocycles. The normalized spacial score (nSPS) is 10.8. The molecule has 2 heterocycles. The van der Waals surface area contributed by atoms with Gasteiger partial charge in [-0.1, -0.05) is 0 Å². The quantitative estimate of drug-likeness (QED) is 0.800. The van der Waals surface area contributed by atoms with Crippen LogP contribution in [0.25, 0.3) is 0 Å². The van der Waals surface area contributed by atoms with Crippen molar-refractivity contribution < 1.29 is 9.90 Å². The van der Waals surface area contributed by atoms with Gasteiger partial charge < -0.3 is 10.4 Å². The first-order valence-electron chi connectivity index (χ1n) is 6.43. The van der Waals surface area contributed by atoms with Gasteiger partial charge in [-0.25, -0.2) is 4.79 Å². The van der Waals surface area contributed by atoms with Gasteiger partial charge in [0.15, 0.2) is 0 Å². The standard InChI is InChI=1S/C13H18N4O2S/c1-8-7-9(2)17(15-8)6-4-5-14-12-11(13(18)19)10(3)16-20-12/h7,14H,4-6H2,1-3H3,(H,18,19). The molecule has 0 aromatic carbocycles. The van der Waals surface area contributed by atoms with Crippen LogP contribution in [-0.2, 0) is 6.54 Å². The second-order valence-electron chi connectivity index (χ2n) is 4.71. The van der Waals surface area contributed by atoms with E-state index in [-0.39, 0.29) is 5.56 Å². The molecule has 0 fully saturated rings. The molecule has 0 aliphatic rings. The third-order valence-electron chi connectivity index (χ3n) is 3.01. The van der Waals surface area contributed by atoms with E-state index in [9.17, 15) is 4.79 Å². The number of rotatable bonds is 6. The molecule has 2 N–H and O–H groups in total. The van der Waals surface area contributed by atoms with E-state index < -0.39 is 5.97 Å². The molecule has 0 aliphatic heterocycles. The largest absolute Gasteiger partial charge is 0.478 e. The summed E-state index contributed by atoms with van der Waals surface area (Å²) in [5.41, 5.74) is 2.99. The molecule has 20 heavy (non-hydrogen) atoms. The van der Waals surface area contributed by atoms with Crippen molar-refractivity contribution in [2.45, 2.75) is 33.7 Å². The Morgan fingerprint density at radius 1 is 1.45 bits per heavy atom. The van der Waals surface area contributed by atoms with E-state index in [1.54, 1.807) is 6.92 Å². The molecule has 2 aromatic rings. The van der Waals surface area contributed by atoms with Crippen LogP contribution in [0.1, 0.15) is 33.9 Å². The molecule has 2 rings (SSSR count). The molecule has 108 valence electrons. The number of hydrogen-bond acceptors (Lipinski definition) is 5. The fourth-order valence-corrected chi connectivity index (χ4v) is 2.89. The molecule has 6 nitrogen and oxygen atoms in total. The average molecular weight is 294 g/mol. The number of carboxylic acids is 1. The number of aromatic carboxylic acids is 1. The fourth-order valence-electron chi connectivity index (χ4n) is 2.07. The summed E-state index contributed by atoms with van der Waals surface area (Å²) in [4.78, 5) is 11.1. The summed E-state index contributed by atoms with van der Waals surface area (Å²) in [6.07, 6.45) is 0.873. The van der Waals surface area contributed by atoms with Crippen LogP contribution in [0.15, 0.2) is 6.07 Å².